The maximum absolute atomic E-state index is 11.6. The summed E-state index contributed by atoms with van der Waals surface area (Å²) < 4.78 is 5.12. The third kappa shape index (κ3) is 5.50. The van der Waals surface area contributed by atoms with E-state index in [4.69, 9.17) is 4.74 Å². The van der Waals surface area contributed by atoms with Gasteiger partial charge in [0.2, 0.25) is 5.91 Å². The molecule has 1 aliphatic heterocycles. The first-order valence-electron chi connectivity index (χ1n) is 6.63. The molecule has 1 aliphatic rings. The fraction of sp³-hybridized carbons (Fsp3) is 0.923. The van der Waals surface area contributed by atoms with Crippen molar-refractivity contribution in [2.24, 2.45) is 11.8 Å². The first-order chi connectivity index (χ1) is 8.13. The summed E-state index contributed by atoms with van der Waals surface area (Å²) in [4.78, 5) is 11.6. The molecule has 1 fully saturated rings. The van der Waals surface area contributed by atoms with Gasteiger partial charge in [0.15, 0.2) is 0 Å². The predicted molar refractivity (Wildman–Crippen MR) is 68.9 cm³/mol. The van der Waals surface area contributed by atoms with Gasteiger partial charge in [-0.3, -0.25) is 4.79 Å². The van der Waals surface area contributed by atoms with Crippen LogP contribution in [0.25, 0.3) is 0 Å². The number of rotatable bonds is 6. The Balaban J connectivity index is 2.14. The highest BCUT2D eigenvalue weighted by Crippen LogP contribution is 2.17. The molecule has 1 heterocycles. The van der Waals surface area contributed by atoms with Crippen LogP contribution in [0.5, 0.6) is 0 Å². The summed E-state index contributed by atoms with van der Waals surface area (Å²) >= 11 is 0. The van der Waals surface area contributed by atoms with E-state index in [1.807, 2.05) is 6.92 Å². The SMILES string of the molecule is COC(C)CCC(=O)NCC1CCNCC1C. The third-order valence-corrected chi connectivity index (χ3v) is 3.70. The summed E-state index contributed by atoms with van der Waals surface area (Å²) in [7, 11) is 1.68. The molecule has 0 saturated carbocycles. The molecule has 0 aliphatic carbocycles. The van der Waals surface area contributed by atoms with Crippen LogP contribution >= 0.6 is 0 Å². The summed E-state index contributed by atoms with van der Waals surface area (Å²) in [6, 6.07) is 0. The van der Waals surface area contributed by atoms with Gasteiger partial charge in [0.1, 0.15) is 0 Å². The molecule has 1 rings (SSSR count). The molecule has 17 heavy (non-hydrogen) atoms. The molecular weight excluding hydrogens is 216 g/mol. The van der Waals surface area contributed by atoms with E-state index in [9.17, 15) is 4.79 Å². The van der Waals surface area contributed by atoms with Crippen LogP contribution in [0.15, 0.2) is 0 Å². The lowest BCUT2D eigenvalue weighted by molar-refractivity contribution is -0.122. The smallest absolute Gasteiger partial charge is 0.220 e. The van der Waals surface area contributed by atoms with Crippen molar-refractivity contribution in [3.8, 4) is 0 Å². The Morgan fingerprint density at radius 1 is 1.59 bits per heavy atom. The maximum Gasteiger partial charge on any atom is 0.220 e. The highest BCUT2D eigenvalue weighted by Gasteiger charge is 2.21. The van der Waals surface area contributed by atoms with Gasteiger partial charge in [-0.15, -0.1) is 0 Å². The van der Waals surface area contributed by atoms with Gasteiger partial charge in [0.05, 0.1) is 6.10 Å². The van der Waals surface area contributed by atoms with Crippen molar-refractivity contribution in [2.45, 2.75) is 39.2 Å². The molecule has 0 aromatic carbocycles. The van der Waals surface area contributed by atoms with E-state index in [1.165, 1.54) is 0 Å². The molecule has 100 valence electrons. The van der Waals surface area contributed by atoms with Crippen LogP contribution in [0.4, 0.5) is 0 Å². The number of amides is 1. The second-order valence-corrected chi connectivity index (χ2v) is 5.12. The molecule has 0 aromatic rings. The summed E-state index contributed by atoms with van der Waals surface area (Å²) in [5.74, 6) is 1.43. The van der Waals surface area contributed by atoms with Gasteiger partial charge in [-0.1, -0.05) is 6.92 Å². The lowest BCUT2D eigenvalue weighted by Gasteiger charge is -2.29. The quantitative estimate of drug-likeness (QED) is 0.735. The number of piperidine rings is 1. The van der Waals surface area contributed by atoms with Crippen LogP contribution in [0, 0.1) is 11.8 Å². The molecule has 2 N–H and O–H groups in total. The number of carbonyl (C=O) groups excluding carboxylic acids is 1. The normalized spacial score (nSPS) is 26.5. The van der Waals surface area contributed by atoms with Crippen LogP contribution in [0.2, 0.25) is 0 Å². The van der Waals surface area contributed by atoms with Crippen molar-refractivity contribution in [3.05, 3.63) is 0 Å². The lowest BCUT2D eigenvalue weighted by atomic mass is 9.88. The van der Waals surface area contributed by atoms with Gasteiger partial charge in [-0.25, -0.2) is 0 Å². The Kier molecular flexibility index (Phi) is 6.52. The van der Waals surface area contributed by atoms with Crippen LogP contribution in [-0.2, 0) is 9.53 Å². The predicted octanol–water partition coefficient (Wildman–Crippen LogP) is 1.16. The van der Waals surface area contributed by atoms with Crippen molar-refractivity contribution in [1.82, 2.24) is 10.6 Å². The molecule has 3 atom stereocenters. The zero-order valence-corrected chi connectivity index (χ0v) is 11.3. The zero-order chi connectivity index (χ0) is 12.7. The van der Waals surface area contributed by atoms with Crippen molar-refractivity contribution in [1.29, 1.82) is 0 Å². The minimum absolute atomic E-state index is 0.152. The van der Waals surface area contributed by atoms with Crippen molar-refractivity contribution in [3.63, 3.8) is 0 Å². The van der Waals surface area contributed by atoms with E-state index >= 15 is 0 Å². The van der Waals surface area contributed by atoms with Gasteiger partial charge in [-0.05, 0) is 44.7 Å². The number of carbonyl (C=O) groups is 1. The van der Waals surface area contributed by atoms with Gasteiger partial charge >= 0.3 is 0 Å². The summed E-state index contributed by atoms with van der Waals surface area (Å²) in [5.41, 5.74) is 0. The fourth-order valence-corrected chi connectivity index (χ4v) is 2.16. The highest BCUT2D eigenvalue weighted by atomic mass is 16.5. The number of ether oxygens (including phenoxy) is 1. The highest BCUT2D eigenvalue weighted by molar-refractivity contribution is 5.75. The van der Waals surface area contributed by atoms with Gasteiger partial charge in [-0.2, -0.15) is 0 Å². The van der Waals surface area contributed by atoms with Crippen molar-refractivity contribution < 1.29 is 9.53 Å². The standard InChI is InChI=1S/C13H26N2O2/c1-10-8-14-7-6-12(10)9-15-13(16)5-4-11(2)17-3/h10-12,14H,4-9H2,1-3H3,(H,15,16). The van der Waals surface area contributed by atoms with Crippen LogP contribution < -0.4 is 10.6 Å². The fourth-order valence-electron chi connectivity index (χ4n) is 2.16. The van der Waals surface area contributed by atoms with Crippen molar-refractivity contribution >= 4 is 5.91 Å². The first kappa shape index (κ1) is 14.5. The van der Waals surface area contributed by atoms with Crippen molar-refractivity contribution in [2.75, 3.05) is 26.7 Å². The molecule has 0 aromatic heterocycles. The number of hydrogen-bond acceptors (Lipinski definition) is 3. The summed E-state index contributed by atoms with van der Waals surface area (Å²) in [6.07, 6.45) is 2.69. The van der Waals surface area contributed by atoms with Gasteiger partial charge in [0, 0.05) is 20.1 Å². The average Bonchev–Trinajstić information content (AvgIpc) is 2.35. The number of methoxy groups -OCH3 is 1. The average molecular weight is 242 g/mol. The Morgan fingerprint density at radius 2 is 2.35 bits per heavy atom. The third-order valence-electron chi connectivity index (χ3n) is 3.70. The molecule has 0 bridgehead atoms. The Morgan fingerprint density at radius 3 is 3.00 bits per heavy atom. The van der Waals surface area contributed by atoms with Crippen LogP contribution in [0.1, 0.15) is 33.1 Å². The first-order valence-corrected chi connectivity index (χ1v) is 6.63. The monoisotopic (exact) mass is 242 g/mol. The Labute approximate surface area is 104 Å². The van der Waals surface area contributed by atoms with Gasteiger partial charge < -0.3 is 15.4 Å². The topological polar surface area (TPSA) is 50.4 Å². The summed E-state index contributed by atoms with van der Waals surface area (Å²) in [6.45, 7) is 7.20. The van der Waals surface area contributed by atoms with Gasteiger partial charge in [0.25, 0.3) is 0 Å². The maximum atomic E-state index is 11.6. The molecular formula is C13H26N2O2. The van der Waals surface area contributed by atoms with Crippen LogP contribution in [-0.4, -0.2) is 38.8 Å². The largest absolute Gasteiger partial charge is 0.382 e. The van der Waals surface area contributed by atoms with E-state index in [1.54, 1.807) is 7.11 Å². The van der Waals surface area contributed by atoms with E-state index in [0.717, 1.165) is 32.5 Å². The minimum Gasteiger partial charge on any atom is -0.382 e. The molecule has 0 spiro atoms. The molecule has 0 radical (unpaired) electrons. The molecule has 1 amide bonds. The molecule has 1 saturated heterocycles. The van der Waals surface area contributed by atoms with E-state index in [-0.39, 0.29) is 12.0 Å². The Hall–Kier alpha value is -0.610. The molecule has 4 nitrogen and oxygen atoms in total. The minimum atomic E-state index is 0.152. The molecule has 3 unspecified atom stereocenters. The number of nitrogens with one attached hydrogen (secondary N) is 2. The van der Waals surface area contributed by atoms with Crippen LogP contribution in [0.3, 0.4) is 0 Å². The van der Waals surface area contributed by atoms with E-state index in [0.29, 0.717) is 18.3 Å². The second-order valence-electron chi connectivity index (χ2n) is 5.12. The Bertz CT molecular complexity index is 233. The van der Waals surface area contributed by atoms with E-state index in [2.05, 4.69) is 17.6 Å². The zero-order valence-electron chi connectivity index (χ0n) is 11.3. The lowest BCUT2D eigenvalue weighted by Crippen LogP contribution is -2.41. The number of hydrogen-bond donors (Lipinski definition) is 2. The molecule has 4 heteroatoms. The second kappa shape index (κ2) is 7.67. The summed E-state index contributed by atoms with van der Waals surface area (Å²) in [5, 5.41) is 6.41. The van der Waals surface area contributed by atoms with E-state index < -0.39 is 0 Å².